The predicted octanol–water partition coefficient (Wildman–Crippen LogP) is 3.94. The van der Waals surface area contributed by atoms with Crippen LogP contribution in [-0.4, -0.2) is 21.6 Å². The number of anilines is 1. The number of sulfonamides is 1. The van der Waals surface area contributed by atoms with E-state index in [-0.39, 0.29) is 16.7 Å². The molecule has 0 spiro atoms. The molecule has 0 heterocycles. The van der Waals surface area contributed by atoms with Gasteiger partial charge in [0.25, 0.3) is 10.0 Å². The number of halogens is 1. The second kappa shape index (κ2) is 7.10. The molecule has 0 atom stereocenters. The fraction of sp³-hybridized carbons (Fsp3) is 0.250. The molecule has 7 heteroatoms. The summed E-state index contributed by atoms with van der Waals surface area (Å²) in [5, 5.41) is 0.304. The summed E-state index contributed by atoms with van der Waals surface area (Å²) in [5.41, 5.74) is 0.350. The molecule has 0 aromatic heterocycles. The molecular weight excluding hydrogens is 338 g/mol. The summed E-state index contributed by atoms with van der Waals surface area (Å²) >= 11 is 5.91. The van der Waals surface area contributed by atoms with E-state index in [2.05, 4.69) is 4.72 Å². The van der Waals surface area contributed by atoms with Crippen LogP contribution in [-0.2, 0) is 10.0 Å². The Labute approximate surface area is 141 Å². The zero-order valence-electron chi connectivity index (χ0n) is 13.0. The van der Waals surface area contributed by atoms with Gasteiger partial charge in [-0.1, -0.05) is 23.7 Å². The zero-order valence-corrected chi connectivity index (χ0v) is 14.6. The molecule has 5 nitrogen and oxygen atoms in total. The molecule has 0 aliphatic carbocycles. The third-order valence-corrected chi connectivity index (χ3v) is 4.53. The molecule has 0 saturated carbocycles. The van der Waals surface area contributed by atoms with Crippen LogP contribution in [0.4, 0.5) is 5.69 Å². The Morgan fingerprint density at radius 3 is 2.43 bits per heavy atom. The SMILES string of the molecule is COc1ccc(Cl)cc1S(=O)(=O)Nc1ccccc1OC(C)C. The number of para-hydroxylation sites is 2. The first-order chi connectivity index (χ1) is 10.8. The maximum absolute atomic E-state index is 12.7. The summed E-state index contributed by atoms with van der Waals surface area (Å²) < 4.78 is 38.6. The Balaban J connectivity index is 2.42. The van der Waals surface area contributed by atoms with Gasteiger partial charge in [0.15, 0.2) is 0 Å². The van der Waals surface area contributed by atoms with Gasteiger partial charge in [0.05, 0.1) is 18.9 Å². The van der Waals surface area contributed by atoms with Crippen LogP contribution in [0.25, 0.3) is 0 Å². The molecule has 2 rings (SSSR count). The molecule has 0 aliphatic heterocycles. The Bertz CT molecular complexity index is 790. The topological polar surface area (TPSA) is 64.6 Å². The largest absolute Gasteiger partial charge is 0.495 e. The Morgan fingerprint density at radius 1 is 1.09 bits per heavy atom. The lowest BCUT2D eigenvalue weighted by molar-refractivity contribution is 0.244. The molecule has 0 aliphatic rings. The molecule has 0 radical (unpaired) electrons. The number of benzene rings is 2. The number of nitrogens with one attached hydrogen (secondary N) is 1. The first-order valence-corrected chi connectivity index (χ1v) is 8.81. The van der Waals surface area contributed by atoms with Crippen molar-refractivity contribution in [2.45, 2.75) is 24.8 Å². The van der Waals surface area contributed by atoms with Gasteiger partial charge < -0.3 is 9.47 Å². The fourth-order valence-electron chi connectivity index (χ4n) is 1.97. The van der Waals surface area contributed by atoms with E-state index in [1.54, 1.807) is 30.3 Å². The highest BCUT2D eigenvalue weighted by molar-refractivity contribution is 7.92. The second-order valence-electron chi connectivity index (χ2n) is 5.06. The molecule has 0 saturated heterocycles. The molecule has 0 bridgehead atoms. The minimum absolute atomic E-state index is 0.0353. The van der Waals surface area contributed by atoms with Crippen molar-refractivity contribution in [1.29, 1.82) is 0 Å². The summed E-state index contributed by atoms with van der Waals surface area (Å²) in [5.74, 6) is 0.663. The highest BCUT2D eigenvalue weighted by Crippen LogP contribution is 2.31. The maximum atomic E-state index is 12.7. The lowest BCUT2D eigenvalue weighted by atomic mass is 10.3. The summed E-state index contributed by atoms with van der Waals surface area (Å²) in [6.07, 6.45) is -0.0821. The van der Waals surface area contributed by atoms with Crippen LogP contribution in [0.2, 0.25) is 5.02 Å². The zero-order chi connectivity index (χ0) is 17.0. The van der Waals surface area contributed by atoms with Crippen LogP contribution in [0.5, 0.6) is 11.5 Å². The van der Waals surface area contributed by atoms with Crippen molar-refractivity contribution in [3.8, 4) is 11.5 Å². The number of ether oxygens (including phenoxy) is 2. The first-order valence-electron chi connectivity index (χ1n) is 6.95. The van der Waals surface area contributed by atoms with Gasteiger partial charge in [-0.05, 0) is 44.2 Å². The molecule has 2 aromatic rings. The smallest absolute Gasteiger partial charge is 0.265 e. The van der Waals surface area contributed by atoms with E-state index in [9.17, 15) is 8.42 Å². The highest BCUT2D eigenvalue weighted by Gasteiger charge is 2.21. The molecule has 2 aromatic carbocycles. The van der Waals surface area contributed by atoms with Gasteiger partial charge >= 0.3 is 0 Å². The van der Waals surface area contributed by atoms with Gasteiger partial charge in [-0.15, -0.1) is 0 Å². The molecule has 124 valence electrons. The van der Waals surface area contributed by atoms with E-state index in [4.69, 9.17) is 21.1 Å². The second-order valence-corrected chi connectivity index (χ2v) is 7.15. The van der Waals surface area contributed by atoms with E-state index in [1.807, 2.05) is 13.8 Å². The van der Waals surface area contributed by atoms with E-state index in [0.29, 0.717) is 16.5 Å². The van der Waals surface area contributed by atoms with Crippen molar-refractivity contribution in [3.05, 3.63) is 47.5 Å². The summed E-state index contributed by atoms with van der Waals surface area (Å²) in [6, 6.07) is 11.2. The Kier molecular flexibility index (Phi) is 5.38. The predicted molar refractivity (Wildman–Crippen MR) is 91.0 cm³/mol. The van der Waals surface area contributed by atoms with Crippen molar-refractivity contribution in [1.82, 2.24) is 0 Å². The number of methoxy groups -OCH3 is 1. The highest BCUT2D eigenvalue weighted by atomic mass is 35.5. The number of hydrogen-bond donors (Lipinski definition) is 1. The number of rotatable bonds is 6. The van der Waals surface area contributed by atoms with E-state index in [0.717, 1.165) is 0 Å². The van der Waals surface area contributed by atoms with Crippen molar-refractivity contribution >= 4 is 27.3 Å². The van der Waals surface area contributed by atoms with Crippen LogP contribution in [0.15, 0.2) is 47.4 Å². The fourth-order valence-corrected chi connectivity index (χ4v) is 3.47. The van der Waals surface area contributed by atoms with Gasteiger partial charge in [0.2, 0.25) is 0 Å². The van der Waals surface area contributed by atoms with E-state index in [1.165, 1.54) is 19.2 Å². The standard InChI is InChI=1S/C16H18ClNO4S/c1-11(2)22-14-7-5-4-6-13(14)18-23(19,20)16-10-12(17)8-9-15(16)21-3/h4-11,18H,1-3H3. The van der Waals surface area contributed by atoms with Crippen LogP contribution in [0, 0.1) is 0 Å². The number of hydrogen-bond acceptors (Lipinski definition) is 4. The normalized spacial score (nSPS) is 11.3. The summed E-state index contributed by atoms with van der Waals surface area (Å²) in [4.78, 5) is -0.0353. The van der Waals surface area contributed by atoms with Crippen molar-refractivity contribution in [2.75, 3.05) is 11.8 Å². The third kappa shape index (κ3) is 4.30. The molecule has 0 unspecified atom stereocenters. The van der Waals surface area contributed by atoms with Crippen molar-refractivity contribution < 1.29 is 17.9 Å². The van der Waals surface area contributed by atoms with Crippen LogP contribution < -0.4 is 14.2 Å². The average Bonchev–Trinajstić information content (AvgIpc) is 2.48. The molecule has 0 fully saturated rings. The van der Waals surface area contributed by atoms with Crippen molar-refractivity contribution in [2.24, 2.45) is 0 Å². The van der Waals surface area contributed by atoms with E-state index >= 15 is 0 Å². The van der Waals surface area contributed by atoms with E-state index < -0.39 is 10.0 Å². The van der Waals surface area contributed by atoms with Crippen LogP contribution in [0.3, 0.4) is 0 Å². The van der Waals surface area contributed by atoms with Gasteiger partial charge in [0.1, 0.15) is 16.4 Å². The minimum atomic E-state index is -3.88. The molecule has 23 heavy (non-hydrogen) atoms. The minimum Gasteiger partial charge on any atom is -0.495 e. The third-order valence-electron chi connectivity index (χ3n) is 2.91. The monoisotopic (exact) mass is 355 g/mol. The quantitative estimate of drug-likeness (QED) is 0.852. The lowest BCUT2D eigenvalue weighted by Crippen LogP contribution is -2.16. The summed E-state index contributed by atoms with van der Waals surface area (Å²) in [6.45, 7) is 3.73. The van der Waals surface area contributed by atoms with Gasteiger partial charge in [-0.25, -0.2) is 8.42 Å². The summed E-state index contributed by atoms with van der Waals surface area (Å²) in [7, 11) is -2.48. The average molecular weight is 356 g/mol. The van der Waals surface area contributed by atoms with Crippen LogP contribution in [0.1, 0.15) is 13.8 Å². The van der Waals surface area contributed by atoms with Crippen LogP contribution >= 0.6 is 11.6 Å². The van der Waals surface area contributed by atoms with Gasteiger partial charge in [-0.3, -0.25) is 4.72 Å². The maximum Gasteiger partial charge on any atom is 0.265 e. The molecule has 0 amide bonds. The Hall–Kier alpha value is -1.92. The first kappa shape index (κ1) is 17.4. The van der Waals surface area contributed by atoms with Gasteiger partial charge in [-0.2, -0.15) is 0 Å². The van der Waals surface area contributed by atoms with Gasteiger partial charge in [0, 0.05) is 5.02 Å². The molecular formula is C16H18ClNO4S. The van der Waals surface area contributed by atoms with Crippen molar-refractivity contribution in [3.63, 3.8) is 0 Å². The molecule has 1 N–H and O–H groups in total. The lowest BCUT2D eigenvalue weighted by Gasteiger charge is -2.16. The Morgan fingerprint density at radius 2 is 1.78 bits per heavy atom.